The van der Waals surface area contributed by atoms with E-state index in [0.29, 0.717) is 24.7 Å². The molecule has 2 heterocycles. The number of nitrogens with two attached hydrogens (primary N) is 1. The van der Waals surface area contributed by atoms with Gasteiger partial charge in [-0.15, -0.1) is 0 Å². The molecule has 3 N–H and O–H groups in total. The Morgan fingerprint density at radius 2 is 2.17 bits per heavy atom. The highest BCUT2D eigenvalue weighted by Gasteiger charge is 2.12. The SMILES string of the molecule is Cc1[nH]c2ccccc2c1Cc1nc(CN)no1. The van der Waals surface area contributed by atoms with E-state index in [4.69, 9.17) is 10.3 Å². The zero-order valence-corrected chi connectivity index (χ0v) is 10.1. The summed E-state index contributed by atoms with van der Waals surface area (Å²) in [6, 6.07) is 8.19. The summed E-state index contributed by atoms with van der Waals surface area (Å²) in [5.74, 6) is 1.14. The van der Waals surface area contributed by atoms with Crippen LogP contribution in [0.3, 0.4) is 0 Å². The molecule has 0 fully saturated rings. The molecule has 3 rings (SSSR count). The quantitative estimate of drug-likeness (QED) is 0.735. The molecule has 0 bridgehead atoms. The molecule has 5 nitrogen and oxygen atoms in total. The first-order chi connectivity index (χ1) is 8.78. The molecule has 0 saturated heterocycles. The maximum absolute atomic E-state index is 5.47. The van der Waals surface area contributed by atoms with Gasteiger partial charge in [-0.05, 0) is 18.6 Å². The van der Waals surface area contributed by atoms with Crippen LogP contribution >= 0.6 is 0 Å². The Hall–Kier alpha value is -2.14. The molecule has 0 radical (unpaired) electrons. The summed E-state index contributed by atoms with van der Waals surface area (Å²) in [5, 5.41) is 5.00. The fourth-order valence-electron chi connectivity index (χ4n) is 2.16. The number of aromatic nitrogens is 3. The Labute approximate surface area is 104 Å². The predicted molar refractivity (Wildman–Crippen MR) is 68.0 cm³/mol. The first kappa shape index (κ1) is 11.0. The van der Waals surface area contributed by atoms with Crippen molar-refractivity contribution >= 4 is 10.9 Å². The topological polar surface area (TPSA) is 80.7 Å². The van der Waals surface area contributed by atoms with Gasteiger partial charge in [-0.3, -0.25) is 0 Å². The van der Waals surface area contributed by atoms with Gasteiger partial charge in [0.05, 0.1) is 13.0 Å². The van der Waals surface area contributed by atoms with Gasteiger partial charge in [0, 0.05) is 16.6 Å². The van der Waals surface area contributed by atoms with Crippen LogP contribution in [-0.2, 0) is 13.0 Å². The number of fused-ring (bicyclic) bond motifs is 1. The molecule has 3 aromatic rings. The summed E-state index contributed by atoms with van der Waals surface area (Å²) >= 11 is 0. The van der Waals surface area contributed by atoms with E-state index < -0.39 is 0 Å². The van der Waals surface area contributed by atoms with Crippen LogP contribution in [0, 0.1) is 6.92 Å². The van der Waals surface area contributed by atoms with E-state index in [1.165, 1.54) is 10.9 Å². The van der Waals surface area contributed by atoms with Gasteiger partial charge in [0.25, 0.3) is 0 Å². The number of rotatable bonds is 3. The number of nitrogens with zero attached hydrogens (tertiary/aromatic N) is 2. The van der Waals surface area contributed by atoms with Crippen LogP contribution in [0.15, 0.2) is 28.8 Å². The van der Waals surface area contributed by atoms with Gasteiger partial charge in [-0.25, -0.2) is 0 Å². The Bertz CT molecular complexity index is 683. The highest BCUT2D eigenvalue weighted by Crippen LogP contribution is 2.23. The molecular weight excluding hydrogens is 228 g/mol. The van der Waals surface area contributed by atoms with Crippen molar-refractivity contribution < 1.29 is 4.52 Å². The van der Waals surface area contributed by atoms with E-state index in [-0.39, 0.29) is 0 Å². The molecule has 0 spiro atoms. The number of hydrogen-bond acceptors (Lipinski definition) is 4. The zero-order chi connectivity index (χ0) is 12.5. The molecule has 0 amide bonds. The Balaban J connectivity index is 2.01. The number of nitrogens with one attached hydrogen (secondary N) is 1. The fourth-order valence-corrected chi connectivity index (χ4v) is 2.16. The molecular formula is C13H14N4O. The van der Waals surface area contributed by atoms with Gasteiger partial charge < -0.3 is 15.2 Å². The van der Waals surface area contributed by atoms with E-state index in [1.807, 2.05) is 12.1 Å². The largest absolute Gasteiger partial charge is 0.358 e. The van der Waals surface area contributed by atoms with E-state index >= 15 is 0 Å². The molecule has 0 aliphatic carbocycles. The van der Waals surface area contributed by atoms with Crippen LogP contribution < -0.4 is 5.73 Å². The smallest absolute Gasteiger partial charge is 0.231 e. The van der Waals surface area contributed by atoms with Crippen molar-refractivity contribution in [3.63, 3.8) is 0 Å². The fraction of sp³-hybridized carbons (Fsp3) is 0.231. The molecule has 0 aliphatic heterocycles. The minimum Gasteiger partial charge on any atom is -0.358 e. The van der Waals surface area contributed by atoms with Gasteiger partial charge in [0.15, 0.2) is 5.82 Å². The number of aromatic amines is 1. The van der Waals surface area contributed by atoms with Gasteiger partial charge in [-0.2, -0.15) is 4.98 Å². The zero-order valence-electron chi connectivity index (χ0n) is 10.1. The standard InChI is InChI=1S/C13H14N4O/c1-8-10(6-13-16-12(7-14)17-18-13)9-4-2-3-5-11(9)15-8/h2-5,15H,6-7,14H2,1H3. The molecule has 2 aromatic heterocycles. The van der Waals surface area contributed by atoms with E-state index in [1.54, 1.807) is 0 Å². The van der Waals surface area contributed by atoms with Crippen LogP contribution in [0.25, 0.3) is 10.9 Å². The Morgan fingerprint density at radius 3 is 2.94 bits per heavy atom. The van der Waals surface area contributed by atoms with E-state index in [9.17, 15) is 0 Å². The minimum absolute atomic E-state index is 0.302. The summed E-state index contributed by atoms with van der Waals surface area (Å²) in [5.41, 5.74) is 8.91. The lowest BCUT2D eigenvalue weighted by Gasteiger charge is -1.96. The lowest BCUT2D eigenvalue weighted by molar-refractivity contribution is 0.379. The average Bonchev–Trinajstić information content (AvgIpc) is 2.96. The van der Waals surface area contributed by atoms with Crippen LogP contribution in [0.5, 0.6) is 0 Å². The van der Waals surface area contributed by atoms with Crippen molar-refractivity contribution in [1.29, 1.82) is 0 Å². The molecule has 0 saturated carbocycles. The van der Waals surface area contributed by atoms with Gasteiger partial charge in [0.1, 0.15) is 0 Å². The molecule has 0 aliphatic rings. The van der Waals surface area contributed by atoms with Crippen molar-refractivity contribution in [2.75, 3.05) is 0 Å². The third kappa shape index (κ3) is 1.78. The second-order valence-electron chi connectivity index (χ2n) is 4.26. The first-order valence-electron chi connectivity index (χ1n) is 5.85. The summed E-state index contributed by atoms with van der Waals surface area (Å²) in [4.78, 5) is 7.59. The number of aryl methyl sites for hydroxylation is 1. The van der Waals surface area contributed by atoms with Crippen LogP contribution in [-0.4, -0.2) is 15.1 Å². The predicted octanol–water partition coefficient (Wildman–Crippen LogP) is 1.91. The third-order valence-electron chi connectivity index (χ3n) is 3.05. The van der Waals surface area contributed by atoms with Crippen LogP contribution in [0.1, 0.15) is 23.0 Å². The number of para-hydroxylation sites is 1. The number of H-pyrrole nitrogens is 1. The van der Waals surface area contributed by atoms with E-state index in [2.05, 4.69) is 34.2 Å². The van der Waals surface area contributed by atoms with Crippen molar-refractivity contribution in [2.24, 2.45) is 5.73 Å². The molecule has 1 aromatic carbocycles. The highest BCUT2D eigenvalue weighted by atomic mass is 16.5. The lowest BCUT2D eigenvalue weighted by atomic mass is 10.1. The van der Waals surface area contributed by atoms with Gasteiger partial charge >= 0.3 is 0 Å². The average molecular weight is 242 g/mol. The number of benzene rings is 1. The summed E-state index contributed by atoms with van der Waals surface area (Å²) < 4.78 is 5.18. The Morgan fingerprint density at radius 1 is 1.33 bits per heavy atom. The monoisotopic (exact) mass is 242 g/mol. The van der Waals surface area contributed by atoms with Crippen molar-refractivity contribution in [1.82, 2.24) is 15.1 Å². The number of hydrogen-bond donors (Lipinski definition) is 2. The summed E-state index contributed by atoms with van der Waals surface area (Å²) in [6.45, 7) is 2.35. The van der Waals surface area contributed by atoms with Crippen molar-refractivity contribution in [3.8, 4) is 0 Å². The second kappa shape index (κ2) is 4.27. The minimum atomic E-state index is 0.302. The molecule has 5 heteroatoms. The second-order valence-corrected chi connectivity index (χ2v) is 4.26. The maximum Gasteiger partial charge on any atom is 0.231 e. The van der Waals surface area contributed by atoms with E-state index in [0.717, 1.165) is 11.2 Å². The summed E-state index contributed by atoms with van der Waals surface area (Å²) in [6.07, 6.45) is 0.628. The molecule has 92 valence electrons. The lowest BCUT2D eigenvalue weighted by Crippen LogP contribution is -1.98. The molecule has 0 unspecified atom stereocenters. The van der Waals surface area contributed by atoms with Crippen LogP contribution in [0.4, 0.5) is 0 Å². The van der Waals surface area contributed by atoms with Gasteiger partial charge in [0.2, 0.25) is 5.89 Å². The molecule has 18 heavy (non-hydrogen) atoms. The van der Waals surface area contributed by atoms with Crippen LogP contribution in [0.2, 0.25) is 0 Å². The third-order valence-corrected chi connectivity index (χ3v) is 3.05. The summed E-state index contributed by atoms with van der Waals surface area (Å²) in [7, 11) is 0. The van der Waals surface area contributed by atoms with Crippen molar-refractivity contribution in [2.45, 2.75) is 19.9 Å². The highest BCUT2D eigenvalue weighted by molar-refractivity contribution is 5.84. The molecule has 0 atom stereocenters. The maximum atomic E-state index is 5.47. The Kier molecular flexibility index (Phi) is 2.60. The normalized spacial score (nSPS) is 11.2. The first-order valence-corrected chi connectivity index (χ1v) is 5.85. The van der Waals surface area contributed by atoms with Gasteiger partial charge in [-0.1, -0.05) is 23.4 Å². The van der Waals surface area contributed by atoms with Crippen molar-refractivity contribution in [3.05, 3.63) is 47.2 Å².